The van der Waals surface area contributed by atoms with Crippen molar-refractivity contribution >= 4 is 23.4 Å². The zero-order valence-electron chi connectivity index (χ0n) is 19.2. The van der Waals surface area contributed by atoms with Crippen LogP contribution in [0.25, 0.3) is 0 Å². The Hall–Kier alpha value is -3.71. The molecular formula is C27H25ClN2O5. The Morgan fingerprint density at radius 2 is 1.86 bits per heavy atom. The predicted octanol–water partition coefficient (Wildman–Crippen LogP) is 4.25. The molecule has 0 aliphatic carbocycles. The average molecular weight is 493 g/mol. The molecule has 2 heterocycles. The van der Waals surface area contributed by atoms with Gasteiger partial charge < -0.3 is 24.4 Å². The van der Waals surface area contributed by atoms with Crippen LogP contribution >= 0.6 is 11.6 Å². The van der Waals surface area contributed by atoms with Crippen molar-refractivity contribution in [1.82, 2.24) is 10.2 Å². The lowest BCUT2D eigenvalue weighted by atomic mass is 9.87. The number of hydrogen-bond acceptors (Lipinski definition) is 5. The fourth-order valence-electron chi connectivity index (χ4n) is 4.70. The van der Waals surface area contributed by atoms with Crippen molar-refractivity contribution in [3.8, 4) is 17.2 Å². The molecule has 3 aromatic rings. The van der Waals surface area contributed by atoms with E-state index in [-0.39, 0.29) is 24.5 Å². The Labute approximate surface area is 208 Å². The third kappa shape index (κ3) is 4.77. The fraction of sp³-hybridized carbons (Fsp3) is 0.259. The van der Waals surface area contributed by atoms with Gasteiger partial charge in [-0.3, -0.25) is 9.59 Å². The zero-order chi connectivity index (χ0) is 24.4. The van der Waals surface area contributed by atoms with Crippen molar-refractivity contribution in [2.45, 2.75) is 12.5 Å². The number of amides is 2. The third-order valence-corrected chi connectivity index (χ3v) is 6.69. The van der Waals surface area contributed by atoms with Gasteiger partial charge in [-0.15, -0.1) is 0 Å². The van der Waals surface area contributed by atoms with E-state index >= 15 is 0 Å². The molecule has 2 atom stereocenters. The Bertz CT molecular complexity index is 1260. The van der Waals surface area contributed by atoms with Gasteiger partial charge in [0.2, 0.25) is 12.7 Å². The zero-order valence-corrected chi connectivity index (χ0v) is 20.0. The topological polar surface area (TPSA) is 77.1 Å². The summed E-state index contributed by atoms with van der Waals surface area (Å²) < 4.78 is 16.4. The molecule has 0 unspecified atom stereocenters. The first kappa shape index (κ1) is 23.1. The molecule has 3 aromatic carbocycles. The second kappa shape index (κ2) is 9.88. The van der Waals surface area contributed by atoms with Crippen molar-refractivity contribution in [1.29, 1.82) is 0 Å². The van der Waals surface area contributed by atoms with Gasteiger partial charge in [0.1, 0.15) is 5.75 Å². The van der Waals surface area contributed by atoms with E-state index in [1.54, 1.807) is 36.3 Å². The fourth-order valence-corrected chi connectivity index (χ4v) is 4.89. The van der Waals surface area contributed by atoms with E-state index in [9.17, 15) is 9.59 Å². The highest BCUT2D eigenvalue weighted by molar-refractivity contribution is 6.30. The highest BCUT2D eigenvalue weighted by Gasteiger charge is 2.41. The maximum Gasteiger partial charge on any atom is 0.253 e. The number of rotatable bonds is 6. The molecule has 2 aliphatic rings. The van der Waals surface area contributed by atoms with Gasteiger partial charge in [0.25, 0.3) is 5.91 Å². The Kier molecular flexibility index (Phi) is 6.51. The standard InChI is InChI=1S/C27H25ClN2O5/c1-33-23-8-3-2-7-20(23)21-14-30(27(32)18-5-4-6-19(28)12-18)15-22(21)26(31)29-13-17-9-10-24-25(11-17)35-16-34-24/h2-12,21-22H,13-16H2,1H3,(H,29,31)/t21-,22-/m0/s1. The van der Waals surface area contributed by atoms with E-state index in [1.807, 2.05) is 42.5 Å². The number of benzene rings is 3. The number of fused-ring (bicyclic) bond motifs is 1. The Balaban J connectivity index is 1.37. The summed E-state index contributed by atoms with van der Waals surface area (Å²) in [5.41, 5.74) is 2.30. The van der Waals surface area contributed by atoms with Gasteiger partial charge in [0.05, 0.1) is 13.0 Å². The van der Waals surface area contributed by atoms with Crippen molar-refractivity contribution in [3.05, 3.63) is 88.4 Å². The normalized spacial score (nSPS) is 18.4. The molecule has 1 fully saturated rings. The largest absolute Gasteiger partial charge is 0.496 e. The number of carbonyl (C=O) groups excluding carboxylic acids is 2. The molecule has 8 heteroatoms. The molecule has 0 aromatic heterocycles. The quantitative estimate of drug-likeness (QED) is 0.556. The van der Waals surface area contributed by atoms with Crippen molar-refractivity contribution in [2.24, 2.45) is 5.92 Å². The minimum atomic E-state index is -0.441. The second-order valence-corrected chi connectivity index (χ2v) is 9.02. The number of nitrogens with zero attached hydrogens (tertiary/aromatic N) is 1. The van der Waals surface area contributed by atoms with E-state index in [1.165, 1.54) is 0 Å². The number of carbonyl (C=O) groups is 2. The first-order valence-corrected chi connectivity index (χ1v) is 11.8. The van der Waals surface area contributed by atoms with Crippen LogP contribution in [0.15, 0.2) is 66.7 Å². The van der Waals surface area contributed by atoms with Crippen molar-refractivity contribution < 1.29 is 23.8 Å². The van der Waals surface area contributed by atoms with E-state index in [0.717, 1.165) is 11.1 Å². The number of ether oxygens (including phenoxy) is 3. The maximum atomic E-state index is 13.4. The summed E-state index contributed by atoms with van der Waals surface area (Å²) in [4.78, 5) is 28.4. The summed E-state index contributed by atoms with van der Waals surface area (Å²) in [7, 11) is 1.61. The molecule has 1 N–H and O–H groups in total. The van der Waals surface area contributed by atoms with Crippen LogP contribution < -0.4 is 19.5 Å². The van der Waals surface area contributed by atoms with E-state index < -0.39 is 5.92 Å². The summed E-state index contributed by atoms with van der Waals surface area (Å²) in [5, 5.41) is 3.54. The molecule has 0 bridgehead atoms. The molecule has 0 saturated carbocycles. The number of halogens is 1. The molecule has 5 rings (SSSR count). The average Bonchev–Trinajstić information content (AvgIpc) is 3.54. The van der Waals surface area contributed by atoms with Crippen molar-refractivity contribution in [2.75, 3.05) is 27.0 Å². The SMILES string of the molecule is COc1ccccc1[C@@H]1CN(C(=O)c2cccc(Cl)c2)C[C@@H]1C(=O)NCc1ccc2c(c1)OCO2. The second-order valence-electron chi connectivity index (χ2n) is 8.58. The smallest absolute Gasteiger partial charge is 0.253 e. The highest BCUT2D eigenvalue weighted by atomic mass is 35.5. The summed E-state index contributed by atoms with van der Waals surface area (Å²) in [6, 6.07) is 20.1. The van der Waals surface area contributed by atoms with Crippen LogP contribution in [0.5, 0.6) is 17.2 Å². The lowest BCUT2D eigenvalue weighted by Crippen LogP contribution is -2.35. The summed E-state index contributed by atoms with van der Waals surface area (Å²) in [6.45, 7) is 1.23. The third-order valence-electron chi connectivity index (χ3n) is 6.46. The van der Waals surface area contributed by atoms with Crippen LogP contribution in [0, 0.1) is 5.92 Å². The molecule has 0 radical (unpaired) electrons. The molecule has 180 valence electrons. The number of hydrogen-bond donors (Lipinski definition) is 1. The summed E-state index contributed by atoms with van der Waals surface area (Å²) in [5.74, 6) is 1.13. The van der Waals surface area contributed by atoms with Gasteiger partial charge in [-0.1, -0.05) is 41.9 Å². The van der Waals surface area contributed by atoms with E-state index in [2.05, 4.69) is 5.32 Å². The molecule has 1 saturated heterocycles. The number of likely N-dealkylation sites (tertiary alicyclic amines) is 1. The Morgan fingerprint density at radius 3 is 2.69 bits per heavy atom. The molecular weight excluding hydrogens is 468 g/mol. The van der Waals surface area contributed by atoms with Crippen LogP contribution in [-0.4, -0.2) is 43.7 Å². The van der Waals surface area contributed by atoms with E-state index in [4.69, 9.17) is 25.8 Å². The minimum absolute atomic E-state index is 0.125. The van der Waals surface area contributed by atoms with Crippen LogP contribution in [0.1, 0.15) is 27.4 Å². The van der Waals surface area contributed by atoms with Crippen LogP contribution in [0.3, 0.4) is 0 Å². The molecule has 2 aliphatic heterocycles. The molecule has 2 amide bonds. The lowest BCUT2D eigenvalue weighted by Gasteiger charge is -2.20. The van der Waals surface area contributed by atoms with Gasteiger partial charge in [-0.25, -0.2) is 0 Å². The van der Waals surface area contributed by atoms with Crippen LogP contribution in [-0.2, 0) is 11.3 Å². The molecule has 35 heavy (non-hydrogen) atoms. The number of para-hydroxylation sites is 1. The first-order chi connectivity index (χ1) is 17.0. The van der Waals surface area contributed by atoms with Gasteiger partial charge in [-0.05, 0) is 47.5 Å². The Morgan fingerprint density at radius 1 is 1.03 bits per heavy atom. The van der Waals surface area contributed by atoms with Gasteiger partial charge in [-0.2, -0.15) is 0 Å². The molecule has 0 spiro atoms. The summed E-state index contributed by atoms with van der Waals surface area (Å²) >= 11 is 6.11. The summed E-state index contributed by atoms with van der Waals surface area (Å²) in [6.07, 6.45) is 0. The van der Waals surface area contributed by atoms with Crippen LogP contribution in [0.4, 0.5) is 0 Å². The van der Waals surface area contributed by atoms with Gasteiger partial charge in [0, 0.05) is 36.1 Å². The number of nitrogens with one attached hydrogen (secondary N) is 1. The van der Waals surface area contributed by atoms with Gasteiger partial charge in [0.15, 0.2) is 11.5 Å². The molecule has 7 nitrogen and oxygen atoms in total. The predicted molar refractivity (Wildman–Crippen MR) is 131 cm³/mol. The van der Waals surface area contributed by atoms with E-state index in [0.29, 0.717) is 47.5 Å². The lowest BCUT2D eigenvalue weighted by molar-refractivity contribution is -0.125. The number of methoxy groups -OCH3 is 1. The van der Waals surface area contributed by atoms with Gasteiger partial charge >= 0.3 is 0 Å². The monoisotopic (exact) mass is 492 g/mol. The highest BCUT2D eigenvalue weighted by Crippen LogP contribution is 2.38. The first-order valence-electron chi connectivity index (χ1n) is 11.4. The van der Waals surface area contributed by atoms with Crippen LogP contribution in [0.2, 0.25) is 5.02 Å². The maximum absolute atomic E-state index is 13.4. The minimum Gasteiger partial charge on any atom is -0.496 e. The van der Waals surface area contributed by atoms with Crippen molar-refractivity contribution in [3.63, 3.8) is 0 Å².